The number of piperidine rings is 1. The number of aromatic nitrogens is 4. The first kappa shape index (κ1) is 20.8. The van der Waals surface area contributed by atoms with E-state index in [0.29, 0.717) is 49.0 Å². The highest BCUT2D eigenvalue weighted by atomic mass is 16.5. The van der Waals surface area contributed by atoms with E-state index in [1.165, 1.54) is 6.42 Å². The largest absolute Gasteiger partial charge is 0.368 e. The number of nitrogens with zero attached hydrogens (tertiary/aromatic N) is 4. The number of benzene rings is 1. The van der Waals surface area contributed by atoms with Crippen molar-refractivity contribution in [2.24, 2.45) is 0 Å². The molecule has 1 amide bonds. The number of carbonyl (C=O) groups excluding carboxylic acids is 1. The molecule has 3 N–H and O–H groups in total. The minimum absolute atomic E-state index is 0.0506. The number of aryl methyl sites for hydroxylation is 1. The van der Waals surface area contributed by atoms with E-state index in [1.807, 2.05) is 18.2 Å². The van der Waals surface area contributed by atoms with Crippen LogP contribution in [0, 0.1) is 0 Å². The van der Waals surface area contributed by atoms with Crippen LogP contribution in [-0.2, 0) is 11.2 Å². The average molecular weight is 425 g/mol. The fraction of sp³-hybridized carbons (Fsp3) is 0.476. The summed E-state index contributed by atoms with van der Waals surface area (Å²) in [5.41, 5.74) is -0.210. The molecule has 1 aliphatic rings. The molecule has 0 aliphatic carbocycles. The zero-order chi connectivity index (χ0) is 21.5. The quantitative estimate of drug-likeness (QED) is 0.443. The van der Waals surface area contributed by atoms with E-state index < -0.39 is 0 Å². The molecule has 0 unspecified atom stereocenters. The fourth-order valence-electron chi connectivity index (χ4n) is 3.65. The van der Waals surface area contributed by atoms with E-state index in [1.54, 1.807) is 6.07 Å². The van der Waals surface area contributed by atoms with E-state index in [-0.39, 0.29) is 11.5 Å². The zero-order valence-electron chi connectivity index (χ0n) is 17.4. The van der Waals surface area contributed by atoms with Gasteiger partial charge >= 0.3 is 0 Å². The van der Waals surface area contributed by atoms with Gasteiger partial charge in [0.1, 0.15) is 0 Å². The van der Waals surface area contributed by atoms with Gasteiger partial charge in [-0.1, -0.05) is 18.2 Å². The number of hydrogen-bond donors (Lipinski definition) is 3. The van der Waals surface area contributed by atoms with Crippen LogP contribution in [0.2, 0.25) is 0 Å². The van der Waals surface area contributed by atoms with Crippen molar-refractivity contribution in [1.29, 1.82) is 0 Å². The lowest BCUT2D eigenvalue weighted by Crippen LogP contribution is -2.30. The molecule has 0 spiro atoms. The SMILES string of the molecule is O=C(CCc1nc(N2CCCCC2)no1)NCCCNc1n[nH]c(=O)c2ccccc12. The van der Waals surface area contributed by atoms with E-state index >= 15 is 0 Å². The predicted molar refractivity (Wildman–Crippen MR) is 117 cm³/mol. The topological polar surface area (TPSA) is 129 Å². The summed E-state index contributed by atoms with van der Waals surface area (Å²) < 4.78 is 5.28. The number of rotatable bonds is 9. The monoisotopic (exact) mass is 425 g/mol. The number of carbonyl (C=O) groups is 1. The van der Waals surface area contributed by atoms with Crippen molar-refractivity contribution < 1.29 is 9.32 Å². The molecule has 1 aliphatic heterocycles. The molecule has 0 atom stereocenters. The molecule has 3 heterocycles. The van der Waals surface area contributed by atoms with Gasteiger partial charge in [0.25, 0.3) is 11.5 Å². The Bertz CT molecular complexity index is 1070. The molecule has 3 aromatic rings. The van der Waals surface area contributed by atoms with Gasteiger partial charge in [-0.15, -0.1) is 0 Å². The smallest absolute Gasteiger partial charge is 0.272 e. The number of fused-ring (bicyclic) bond motifs is 1. The maximum atomic E-state index is 12.1. The molecular weight excluding hydrogens is 398 g/mol. The molecule has 10 heteroatoms. The van der Waals surface area contributed by atoms with Crippen molar-refractivity contribution in [2.75, 3.05) is 36.4 Å². The van der Waals surface area contributed by atoms with Gasteiger partial charge in [0.05, 0.1) is 5.39 Å². The van der Waals surface area contributed by atoms with E-state index in [9.17, 15) is 9.59 Å². The van der Waals surface area contributed by atoms with Gasteiger partial charge in [0, 0.05) is 44.4 Å². The van der Waals surface area contributed by atoms with Crippen molar-refractivity contribution >= 4 is 28.4 Å². The average Bonchev–Trinajstić information content (AvgIpc) is 3.29. The van der Waals surface area contributed by atoms with Gasteiger partial charge in [-0.2, -0.15) is 10.1 Å². The molecule has 164 valence electrons. The summed E-state index contributed by atoms with van der Waals surface area (Å²) in [7, 11) is 0. The summed E-state index contributed by atoms with van der Waals surface area (Å²) in [4.78, 5) is 30.4. The molecule has 1 saturated heterocycles. The second kappa shape index (κ2) is 10.1. The molecule has 1 fully saturated rings. The standard InChI is InChI=1S/C21H27N7O3/c29-17(9-10-18-24-21(27-31-18)28-13-4-1-5-14-28)22-11-6-12-23-19-15-7-2-3-8-16(15)20(30)26-25-19/h2-3,7-8H,1,4-6,9-14H2,(H,22,29)(H,23,25)(H,26,30). The maximum Gasteiger partial charge on any atom is 0.272 e. The van der Waals surface area contributed by atoms with E-state index in [2.05, 4.69) is 35.9 Å². The molecule has 2 aromatic heterocycles. The van der Waals surface area contributed by atoms with Crippen LogP contribution < -0.4 is 21.1 Å². The van der Waals surface area contributed by atoms with E-state index in [0.717, 1.165) is 37.7 Å². The first-order valence-corrected chi connectivity index (χ1v) is 10.8. The van der Waals surface area contributed by atoms with Crippen molar-refractivity contribution in [2.45, 2.75) is 38.5 Å². The van der Waals surface area contributed by atoms with Crippen LogP contribution in [0.5, 0.6) is 0 Å². The summed E-state index contributed by atoms with van der Waals surface area (Å²) in [6.45, 7) is 3.07. The molecule has 10 nitrogen and oxygen atoms in total. The molecular formula is C21H27N7O3. The van der Waals surface area contributed by atoms with Crippen LogP contribution in [-0.4, -0.2) is 52.4 Å². The Morgan fingerprint density at radius 1 is 1.13 bits per heavy atom. The Kier molecular flexibility index (Phi) is 6.75. The normalized spacial score (nSPS) is 14.0. The van der Waals surface area contributed by atoms with Gasteiger partial charge in [0.2, 0.25) is 11.8 Å². The highest BCUT2D eigenvalue weighted by Crippen LogP contribution is 2.17. The third-order valence-corrected chi connectivity index (χ3v) is 5.33. The van der Waals surface area contributed by atoms with Gasteiger partial charge in [-0.05, 0) is 36.9 Å². The Hall–Kier alpha value is -3.43. The molecule has 0 saturated carbocycles. The number of H-pyrrole nitrogens is 1. The van der Waals surface area contributed by atoms with Crippen LogP contribution in [0.4, 0.5) is 11.8 Å². The van der Waals surface area contributed by atoms with Crippen LogP contribution in [0.15, 0.2) is 33.6 Å². The third-order valence-electron chi connectivity index (χ3n) is 5.33. The fourth-order valence-corrected chi connectivity index (χ4v) is 3.65. The minimum Gasteiger partial charge on any atom is -0.368 e. The van der Waals surface area contributed by atoms with Crippen molar-refractivity contribution in [3.05, 3.63) is 40.5 Å². The summed E-state index contributed by atoms with van der Waals surface area (Å²) in [6.07, 6.45) is 5.00. The first-order valence-electron chi connectivity index (χ1n) is 10.8. The Morgan fingerprint density at radius 3 is 2.77 bits per heavy atom. The van der Waals surface area contributed by atoms with Crippen molar-refractivity contribution in [1.82, 2.24) is 25.7 Å². The lowest BCUT2D eigenvalue weighted by Gasteiger charge is -2.24. The Labute approximate surface area is 179 Å². The number of aromatic amines is 1. The zero-order valence-corrected chi connectivity index (χ0v) is 17.4. The lowest BCUT2D eigenvalue weighted by atomic mass is 10.1. The highest BCUT2D eigenvalue weighted by Gasteiger charge is 2.17. The van der Waals surface area contributed by atoms with Gasteiger partial charge in [0.15, 0.2) is 5.82 Å². The number of amides is 1. The van der Waals surface area contributed by atoms with Gasteiger partial charge in [-0.3, -0.25) is 9.59 Å². The van der Waals surface area contributed by atoms with Crippen molar-refractivity contribution in [3.8, 4) is 0 Å². The second-order valence-corrected chi connectivity index (χ2v) is 7.61. The molecule has 4 rings (SSSR count). The third kappa shape index (κ3) is 5.39. The van der Waals surface area contributed by atoms with Crippen LogP contribution >= 0.6 is 0 Å². The summed E-state index contributed by atoms with van der Waals surface area (Å²) in [6, 6.07) is 7.31. The first-order chi connectivity index (χ1) is 15.2. The Balaban J connectivity index is 1.16. The summed E-state index contributed by atoms with van der Waals surface area (Å²) in [5.74, 6) is 1.70. The van der Waals surface area contributed by atoms with Crippen LogP contribution in [0.3, 0.4) is 0 Å². The molecule has 31 heavy (non-hydrogen) atoms. The molecule has 0 radical (unpaired) electrons. The van der Waals surface area contributed by atoms with E-state index in [4.69, 9.17) is 4.52 Å². The van der Waals surface area contributed by atoms with Gasteiger partial charge < -0.3 is 20.1 Å². The molecule has 0 bridgehead atoms. The number of anilines is 2. The van der Waals surface area contributed by atoms with Crippen LogP contribution in [0.1, 0.15) is 38.0 Å². The van der Waals surface area contributed by atoms with Gasteiger partial charge in [-0.25, -0.2) is 5.10 Å². The summed E-state index contributed by atoms with van der Waals surface area (Å²) in [5, 5.41) is 18.1. The minimum atomic E-state index is -0.210. The number of hydrogen-bond acceptors (Lipinski definition) is 8. The second-order valence-electron chi connectivity index (χ2n) is 7.61. The maximum absolute atomic E-state index is 12.1. The number of nitrogens with one attached hydrogen (secondary N) is 3. The summed E-state index contributed by atoms with van der Waals surface area (Å²) >= 11 is 0. The van der Waals surface area contributed by atoms with Crippen molar-refractivity contribution in [3.63, 3.8) is 0 Å². The Morgan fingerprint density at radius 2 is 1.94 bits per heavy atom. The highest BCUT2D eigenvalue weighted by molar-refractivity contribution is 5.90. The lowest BCUT2D eigenvalue weighted by molar-refractivity contribution is -0.121. The molecule has 1 aromatic carbocycles. The predicted octanol–water partition coefficient (Wildman–Crippen LogP) is 1.85. The van der Waals surface area contributed by atoms with Crippen LogP contribution in [0.25, 0.3) is 10.8 Å².